The molecule has 7 atom stereocenters. The molecule has 7 nitrogen and oxygen atoms in total. The third-order valence-electron chi connectivity index (χ3n) is 7.89. The van der Waals surface area contributed by atoms with E-state index in [9.17, 15) is 10.2 Å². The summed E-state index contributed by atoms with van der Waals surface area (Å²) in [5.74, 6) is 0.690. The normalized spacial score (nSPS) is 41.9. The third kappa shape index (κ3) is 5.67. The Kier molecular flexibility index (Phi) is 8.68. The van der Waals surface area contributed by atoms with Gasteiger partial charge in [-0.2, -0.15) is 0 Å². The summed E-state index contributed by atoms with van der Waals surface area (Å²) in [7, 11) is 0. The molecule has 1 aliphatic carbocycles. The van der Waals surface area contributed by atoms with Gasteiger partial charge in [-0.25, -0.2) is 0 Å². The fraction of sp³-hybridized carbons (Fsp3) is 1.00. The number of alkyl halides is 1. The number of aliphatic hydroxyl groups excluding tert-OH is 2. The SMILES string of the molecule is OC[C@@H]1O[C@H](C[NH2+]CC2CCCC(Cl)C2)[C@@H](N2CCN(C3CCCC[NH2+]3)CC2)[C@@H]1O. The van der Waals surface area contributed by atoms with Gasteiger partial charge in [-0.15, -0.1) is 11.6 Å². The number of hydrogen-bond donors (Lipinski definition) is 4. The van der Waals surface area contributed by atoms with E-state index in [2.05, 4.69) is 20.4 Å². The predicted octanol–water partition coefficient (Wildman–Crippen LogP) is -1.47. The molecule has 0 spiro atoms. The zero-order valence-corrected chi connectivity index (χ0v) is 19.1. The zero-order chi connectivity index (χ0) is 20.9. The Balaban J connectivity index is 1.28. The lowest BCUT2D eigenvalue weighted by Gasteiger charge is -2.42. The molecule has 0 aromatic heterocycles. The Morgan fingerprint density at radius 3 is 2.47 bits per heavy atom. The summed E-state index contributed by atoms with van der Waals surface area (Å²) >= 11 is 6.35. The van der Waals surface area contributed by atoms with Gasteiger partial charge in [0.05, 0.1) is 25.7 Å². The van der Waals surface area contributed by atoms with Gasteiger partial charge >= 0.3 is 0 Å². The maximum atomic E-state index is 10.9. The van der Waals surface area contributed by atoms with Crippen LogP contribution in [0.2, 0.25) is 0 Å². The van der Waals surface area contributed by atoms with Crippen molar-refractivity contribution < 1.29 is 25.6 Å². The maximum Gasteiger partial charge on any atom is 0.142 e. The van der Waals surface area contributed by atoms with Crippen molar-refractivity contribution in [3.63, 3.8) is 0 Å². The first-order valence-corrected chi connectivity index (χ1v) is 12.8. The van der Waals surface area contributed by atoms with E-state index in [0.29, 0.717) is 17.5 Å². The van der Waals surface area contributed by atoms with Crippen molar-refractivity contribution in [3.8, 4) is 0 Å². The van der Waals surface area contributed by atoms with E-state index >= 15 is 0 Å². The van der Waals surface area contributed by atoms with Crippen LogP contribution < -0.4 is 10.6 Å². The van der Waals surface area contributed by atoms with E-state index in [0.717, 1.165) is 52.1 Å². The number of hydrogen-bond acceptors (Lipinski definition) is 5. The summed E-state index contributed by atoms with van der Waals surface area (Å²) < 4.78 is 6.12. The second-order valence-corrected chi connectivity index (χ2v) is 10.5. The molecule has 0 bridgehead atoms. The number of piperazine rings is 1. The first kappa shape index (κ1) is 23.2. The number of rotatable bonds is 7. The molecule has 4 aliphatic rings. The molecule has 0 amide bonds. The van der Waals surface area contributed by atoms with Gasteiger partial charge in [-0.05, 0) is 32.1 Å². The molecule has 3 heterocycles. The number of halogens is 1. The van der Waals surface area contributed by atoms with Gasteiger partial charge in [0.2, 0.25) is 0 Å². The van der Waals surface area contributed by atoms with Crippen molar-refractivity contribution in [1.82, 2.24) is 9.80 Å². The van der Waals surface area contributed by atoms with Crippen LogP contribution in [-0.2, 0) is 4.74 Å². The summed E-state index contributed by atoms with van der Waals surface area (Å²) in [6, 6.07) is -0.0111. The van der Waals surface area contributed by atoms with Gasteiger partial charge < -0.3 is 25.6 Å². The Morgan fingerprint density at radius 2 is 1.77 bits per heavy atom. The Hall–Kier alpha value is 0.01000. The van der Waals surface area contributed by atoms with Crippen LogP contribution >= 0.6 is 11.6 Å². The number of nitrogens with zero attached hydrogens (tertiary/aromatic N) is 2. The minimum absolute atomic E-state index is 0.0111. The van der Waals surface area contributed by atoms with Crippen LogP contribution in [0.3, 0.4) is 0 Å². The van der Waals surface area contributed by atoms with E-state index in [4.69, 9.17) is 16.3 Å². The average Bonchev–Trinajstić information content (AvgIpc) is 3.10. The molecular weight excluding hydrogens is 404 g/mol. The zero-order valence-electron chi connectivity index (χ0n) is 18.4. The standard InChI is InChI=1S/C22H41ClN4O3/c23-17-5-3-4-16(12-17)13-24-14-18-21(22(29)19(15-28)30-18)27-10-8-26(9-11-27)20-6-1-2-7-25-20/h16-22,24-25,28-29H,1-15H2/p+2/t16?,17?,18-,19+,20?,21-,22-/m1/s1. The molecule has 174 valence electrons. The fourth-order valence-electron chi connectivity index (χ4n) is 6.18. The van der Waals surface area contributed by atoms with Gasteiger partial charge in [0.1, 0.15) is 31.0 Å². The number of ether oxygens (including phenoxy) is 1. The molecule has 3 aliphatic heterocycles. The molecule has 0 aromatic rings. The molecule has 3 unspecified atom stereocenters. The quantitative estimate of drug-likeness (QED) is 0.358. The van der Waals surface area contributed by atoms with Crippen molar-refractivity contribution in [2.24, 2.45) is 5.92 Å². The van der Waals surface area contributed by atoms with Gasteiger partial charge in [0.15, 0.2) is 0 Å². The molecule has 4 rings (SSSR count). The molecule has 0 aromatic carbocycles. The molecular formula is C22H43ClN4O3+2. The lowest BCUT2D eigenvalue weighted by molar-refractivity contribution is -0.717. The van der Waals surface area contributed by atoms with E-state index in [1.165, 1.54) is 38.6 Å². The molecule has 1 saturated carbocycles. The van der Waals surface area contributed by atoms with Crippen LogP contribution in [0.15, 0.2) is 0 Å². The van der Waals surface area contributed by atoms with Crippen molar-refractivity contribution >= 4 is 11.6 Å². The summed E-state index contributed by atoms with van der Waals surface area (Å²) in [4.78, 5) is 5.04. The first-order valence-electron chi connectivity index (χ1n) is 12.4. The highest BCUT2D eigenvalue weighted by Crippen LogP contribution is 2.28. The van der Waals surface area contributed by atoms with Crippen LogP contribution in [-0.4, -0.2) is 108 Å². The largest absolute Gasteiger partial charge is 0.394 e. The van der Waals surface area contributed by atoms with Gasteiger partial charge in [0, 0.05) is 43.9 Å². The number of nitrogens with two attached hydrogens (primary N) is 2. The fourth-order valence-corrected chi connectivity index (χ4v) is 6.59. The minimum atomic E-state index is -0.608. The summed E-state index contributed by atoms with van der Waals surface area (Å²) in [6.07, 6.45) is 8.32. The van der Waals surface area contributed by atoms with Crippen LogP contribution in [0.25, 0.3) is 0 Å². The highest BCUT2D eigenvalue weighted by molar-refractivity contribution is 6.20. The van der Waals surface area contributed by atoms with Gasteiger partial charge in [-0.3, -0.25) is 9.80 Å². The summed E-state index contributed by atoms with van der Waals surface area (Å²) in [5, 5.41) is 25.8. The molecule has 0 radical (unpaired) electrons. The lowest BCUT2D eigenvalue weighted by Crippen LogP contribution is -2.95. The van der Waals surface area contributed by atoms with Crippen molar-refractivity contribution in [1.29, 1.82) is 0 Å². The summed E-state index contributed by atoms with van der Waals surface area (Å²) in [5.41, 5.74) is 0. The monoisotopic (exact) mass is 446 g/mol. The van der Waals surface area contributed by atoms with E-state index in [1.807, 2.05) is 0 Å². The molecule has 30 heavy (non-hydrogen) atoms. The summed E-state index contributed by atoms with van der Waals surface area (Å²) in [6.45, 7) is 7.14. The predicted molar refractivity (Wildman–Crippen MR) is 116 cm³/mol. The Bertz CT molecular complexity index is 517. The molecule has 8 heteroatoms. The van der Waals surface area contributed by atoms with Gasteiger partial charge in [0.25, 0.3) is 0 Å². The molecule has 3 saturated heterocycles. The van der Waals surface area contributed by atoms with Crippen LogP contribution in [0, 0.1) is 5.92 Å². The van der Waals surface area contributed by atoms with Crippen LogP contribution in [0.5, 0.6) is 0 Å². The Morgan fingerprint density at radius 1 is 0.967 bits per heavy atom. The number of piperidine rings is 1. The van der Waals surface area contributed by atoms with Gasteiger partial charge in [-0.1, -0.05) is 6.42 Å². The highest BCUT2D eigenvalue weighted by Gasteiger charge is 2.48. The lowest BCUT2D eigenvalue weighted by atomic mass is 9.89. The van der Waals surface area contributed by atoms with E-state index < -0.39 is 12.2 Å². The second-order valence-electron chi connectivity index (χ2n) is 9.93. The topological polar surface area (TPSA) is 89.4 Å². The highest BCUT2D eigenvalue weighted by atomic mass is 35.5. The number of aliphatic hydroxyl groups is 2. The Labute approximate surface area is 186 Å². The molecule has 4 fully saturated rings. The van der Waals surface area contributed by atoms with Crippen molar-refractivity contribution in [3.05, 3.63) is 0 Å². The smallest absolute Gasteiger partial charge is 0.142 e. The van der Waals surface area contributed by atoms with E-state index in [-0.39, 0.29) is 18.8 Å². The van der Waals surface area contributed by atoms with Crippen molar-refractivity contribution in [2.45, 2.75) is 80.8 Å². The number of quaternary nitrogens is 2. The van der Waals surface area contributed by atoms with Crippen LogP contribution in [0.4, 0.5) is 0 Å². The van der Waals surface area contributed by atoms with E-state index in [1.54, 1.807) is 0 Å². The molecule has 6 N–H and O–H groups in total. The third-order valence-corrected chi connectivity index (χ3v) is 8.29. The van der Waals surface area contributed by atoms with Crippen molar-refractivity contribution in [2.75, 3.05) is 52.4 Å². The maximum absolute atomic E-state index is 10.9. The minimum Gasteiger partial charge on any atom is -0.394 e. The second kappa shape index (κ2) is 11.2. The average molecular weight is 447 g/mol. The first-order chi connectivity index (χ1) is 14.7. The van der Waals surface area contributed by atoms with Crippen LogP contribution in [0.1, 0.15) is 44.9 Å².